The smallest absolute Gasteiger partial charge is 0.283 e. The van der Waals surface area contributed by atoms with E-state index in [1.807, 2.05) is 65.8 Å². The highest BCUT2D eigenvalue weighted by atomic mass is 16.6. The molecule has 2 saturated heterocycles. The molecular weight excluding hydrogens is 516 g/mol. The molecule has 2 aliphatic heterocycles. The summed E-state index contributed by atoms with van der Waals surface area (Å²) in [6, 6.07) is 6.74. The van der Waals surface area contributed by atoms with Gasteiger partial charge in [-0.25, -0.2) is 0 Å². The Kier molecular flexibility index (Phi) is 9.59. The Hall–Kier alpha value is -2.78. The lowest BCUT2D eigenvalue weighted by Crippen LogP contribution is -2.61. The molecule has 0 aromatic heterocycles. The number of carbonyl (C=O) groups is 2. The lowest BCUT2D eigenvalue weighted by molar-refractivity contribution is -0.919. The molecule has 2 aromatic carbocycles. The van der Waals surface area contributed by atoms with Crippen LogP contribution in [0.25, 0.3) is 0 Å². The van der Waals surface area contributed by atoms with Crippen molar-refractivity contribution < 1.29 is 18.9 Å². The minimum absolute atomic E-state index is 0.205. The van der Waals surface area contributed by atoms with Crippen LogP contribution >= 0.6 is 0 Å². The molecule has 4 atom stereocenters. The Bertz CT molecular complexity index is 1150. The Balaban J connectivity index is 1.43. The topological polar surface area (TPSA) is 104 Å². The van der Waals surface area contributed by atoms with Gasteiger partial charge in [-0.05, 0) is 89.5 Å². The molecule has 0 saturated carbocycles. The third-order valence-electron chi connectivity index (χ3n) is 9.19. The molecule has 0 spiro atoms. The van der Waals surface area contributed by atoms with Crippen molar-refractivity contribution in [1.29, 1.82) is 0 Å². The van der Waals surface area contributed by atoms with Crippen LogP contribution in [0.5, 0.6) is 0 Å². The first-order valence-corrected chi connectivity index (χ1v) is 15.3. The molecule has 8 heteroatoms. The summed E-state index contributed by atoms with van der Waals surface area (Å²) in [5.74, 6) is -0.473. The van der Waals surface area contributed by atoms with Crippen molar-refractivity contribution in [2.45, 2.75) is 98.6 Å². The van der Waals surface area contributed by atoms with Crippen LogP contribution in [0.15, 0.2) is 24.3 Å². The number of aryl methyl sites for hydroxylation is 6. The Morgan fingerprint density at radius 2 is 1.00 bits per heavy atom. The Morgan fingerprint density at radius 3 is 1.34 bits per heavy atom. The number of hydroxylamine groups is 6. The van der Waals surface area contributed by atoms with Gasteiger partial charge in [-0.3, -0.25) is 9.59 Å². The van der Waals surface area contributed by atoms with Crippen LogP contribution in [0.4, 0.5) is 11.4 Å². The van der Waals surface area contributed by atoms with Crippen molar-refractivity contribution in [3.8, 4) is 0 Å². The van der Waals surface area contributed by atoms with Crippen LogP contribution in [0, 0.1) is 52.0 Å². The molecule has 8 nitrogen and oxygen atoms in total. The van der Waals surface area contributed by atoms with Crippen LogP contribution in [-0.2, 0) is 9.59 Å². The van der Waals surface area contributed by atoms with Gasteiger partial charge in [0.1, 0.15) is 0 Å². The number of anilines is 2. The molecule has 0 aliphatic carbocycles. The number of amides is 2. The molecule has 224 valence electrons. The third kappa shape index (κ3) is 7.00. The van der Waals surface area contributed by atoms with E-state index in [9.17, 15) is 20.0 Å². The van der Waals surface area contributed by atoms with Gasteiger partial charge < -0.3 is 30.3 Å². The maximum absolute atomic E-state index is 14.1. The fourth-order valence-electron chi connectivity index (χ4n) is 7.21. The van der Waals surface area contributed by atoms with Gasteiger partial charge in [0.25, 0.3) is 11.8 Å². The van der Waals surface area contributed by atoms with Crippen LogP contribution in [0.3, 0.4) is 0 Å². The number of carbonyl (C=O) groups excluding carboxylic acids is 2. The second-order valence-electron chi connectivity index (χ2n) is 12.7. The second kappa shape index (κ2) is 12.6. The van der Waals surface area contributed by atoms with Crippen LogP contribution < -0.4 is 10.6 Å². The van der Waals surface area contributed by atoms with E-state index in [4.69, 9.17) is 0 Å². The predicted octanol–water partition coefficient (Wildman–Crippen LogP) is 6.24. The fourth-order valence-corrected chi connectivity index (χ4v) is 7.21. The molecule has 2 fully saturated rings. The summed E-state index contributed by atoms with van der Waals surface area (Å²) in [5, 5.41) is 34.3. The molecule has 0 unspecified atom stereocenters. The number of hydrogen-bond acceptors (Lipinski definition) is 4. The van der Waals surface area contributed by atoms with E-state index in [0.29, 0.717) is 32.4 Å². The molecule has 2 aliphatic rings. The van der Waals surface area contributed by atoms with E-state index in [-0.39, 0.29) is 24.9 Å². The molecule has 2 N–H and O–H groups in total. The van der Waals surface area contributed by atoms with Gasteiger partial charge in [0, 0.05) is 30.6 Å². The molecular formula is C33H48N4O4. The first kappa shape index (κ1) is 31.2. The van der Waals surface area contributed by atoms with Gasteiger partial charge in [-0.2, -0.15) is 0 Å². The van der Waals surface area contributed by atoms with E-state index < -0.39 is 21.4 Å². The summed E-state index contributed by atoms with van der Waals surface area (Å²) in [6.45, 7) is 13.1. The lowest BCUT2D eigenvalue weighted by Gasteiger charge is -2.53. The summed E-state index contributed by atoms with van der Waals surface area (Å²) in [6.07, 6.45) is 4.68. The van der Waals surface area contributed by atoms with Crippen LogP contribution in [-0.4, -0.2) is 59.4 Å². The maximum atomic E-state index is 14.1. The Morgan fingerprint density at radius 1 is 0.659 bits per heavy atom. The average molecular weight is 565 g/mol. The summed E-state index contributed by atoms with van der Waals surface area (Å²) in [4.78, 5) is 26.9. The number of nitrogens with one attached hydrogen (secondary N) is 2. The molecule has 0 radical (unpaired) electrons. The molecule has 41 heavy (non-hydrogen) atoms. The number of nitrogens with zero attached hydrogens (tertiary/aromatic N) is 2. The number of piperidine rings is 2. The first-order valence-electron chi connectivity index (χ1n) is 15.3. The van der Waals surface area contributed by atoms with Crippen molar-refractivity contribution >= 4 is 23.2 Å². The van der Waals surface area contributed by atoms with Crippen molar-refractivity contribution in [1.82, 2.24) is 0 Å². The summed E-state index contributed by atoms with van der Waals surface area (Å²) in [7, 11) is 0. The SMILES string of the molecule is Cc1cc(C)c(NC(=O)[C@@H]2CCCC[N@@+]2([O-])CCC[N@+]2([O-])CCCC[C@H]2C(=O)Nc2c(C)cc(C)cc2C)c(C)c1. The van der Waals surface area contributed by atoms with Gasteiger partial charge in [0.05, 0.1) is 26.2 Å². The van der Waals surface area contributed by atoms with Gasteiger partial charge >= 0.3 is 0 Å². The molecule has 0 bridgehead atoms. The Labute approximate surface area is 245 Å². The van der Waals surface area contributed by atoms with Crippen molar-refractivity contribution in [3.63, 3.8) is 0 Å². The van der Waals surface area contributed by atoms with Crippen LogP contribution in [0.2, 0.25) is 0 Å². The van der Waals surface area contributed by atoms with E-state index in [2.05, 4.69) is 10.6 Å². The lowest BCUT2D eigenvalue weighted by atomic mass is 9.98. The van der Waals surface area contributed by atoms with Crippen molar-refractivity contribution in [3.05, 3.63) is 68.1 Å². The number of rotatable bonds is 8. The predicted molar refractivity (Wildman–Crippen MR) is 165 cm³/mol. The largest absolute Gasteiger partial charge is 0.632 e. The van der Waals surface area contributed by atoms with E-state index in [1.54, 1.807) is 0 Å². The van der Waals surface area contributed by atoms with Gasteiger partial charge in [-0.15, -0.1) is 0 Å². The normalized spacial score (nSPS) is 26.4. The summed E-state index contributed by atoms with van der Waals surface area (Å²) < 4.78 is -1.21. The highest BCUT2D eigenvalue weighted by Crippen LogP contribution is 2.31. The van der Waals surface area contributed by atoms with E-state index in [0.717, 1.165) is 70.4 Å². The quantitative estimate of drug-likeness (QED) is 0.293. The third-order valence-corrected chi connectivity index (χ3v) is 9.19. The van der Waals surface area contributed by atoms with E-state index in [1.165, 1.54) is 0 Å². The highest BCUT2D eigenvalue weighted by Gasteiger charge is 2.41. The van der Waals surface area contributed by atoms with Crippen molar-refractivity contribution in [2.24, 2.45) is 0 Å². The molecule has 2 aromatic rings. The minimum atomic E-state index is -0.697. The van der Waals surface area contributed by atoms with E-state index >= 15 is 0 Å². The zero-order chi connectivity index (χ0) is 29.9. The number of quaternary nitrogens is 2. The second-order valence-corrected chi connectivity index (χ2v) is 12.7. The van der Waals surface area contributed by atoms with Crippen molar-refractivity contribution in [2.75, 3.05) is 36.8 Å². The molecule has 2 amide bonds. The monoisotopic (exact) mass is 564 g/mol. The standard InChI is InChI=1S/C33H48N4O4/c1-22-18-24(3)30(25(4)19-22)34-32(38)28-12-7-9-14-36(28,40)16-11-17-37(41)15-10-8-13-29(37)33(39)35-31-26(5)20-23(2)21-27(31)6/h18-21,28-29H,7-17H2,1-6H3,(H,34,38)(H,35,39)/t28-,29-,36+,37+/m0/s1. The average Bonchev–Trinajstić information content (AvgIpc) is 2.88. The zero-order valence-corrected chi connectivity index (χ0v) is 25.8. The molecule has 2 heterocycles. The zero-order valence-electron chi connectivity index (χ0n) is 25.8. The van der Waals surface area contributed by atoms with Gasteiger partial charge in [-0.1, -0.05) is 35.4 Å². The van der Waals surface area contributed by atoms with Gasteiger partial charge in [0.2, 0.25) is 0 Å². The highest BCUT2D eigenvalue weighted by molar-refractivity contribution is 5.96. The minimum Gasteiger partial charge on any atom is -0.632 e. The summed E-state index contributed by atoms with van der Waals surface area (Å²) >= 11 is 0. The maximum Gasteiger partial charge on any atom is 0.283 e. The summed E-state index contributed by atoms with van der Waals surface area (Å²) in [5.41, 5.74) is 7.77. The fraction of sp³-hybridized carbons (Fsp3) is 0.576. The number of likely N-dealkylation sites (tertiary alicyclic amines) is 2. The number of benzene rings is 2. The van der Waals surface area contributed by atoms with Crippen LogP contribution in [0.1, 0.15) is 78.3 Å². The first-order chi connectivity index (χ1) is 19.3. The number of hydrogen-bond donors (Lipinski definition) is 2. The van der Waals surface area contributed by atoms with Gasteiger partial charge in [0.15, 0.2) is 12.1 Å². The molecule has 4 rings (SSSR count).